The number of carbonyl (C=O) groups excluding carboxylic acids is 5. The van der Waals surface area contributed by atoms with Crippen LogP contribution in [0.5, 0.6) is 5.75 Å². The van der Waals surface area contributed by atoms with Gasteiger partial charge in [0.05, 0.1) is 17.7 Å². The highest BCUT2D eigenvalue weighted by molar-refractivity contribution is 6.18. The molecule has 0 saturated carbocycles. The second-order valence-corrected chi connectivity index (χ2v) is 8.94. The van der Waals surface area contributed by atoms with Gasteiger partial charge in [-0.05, 0) is 31.9 Å². The number of hydrogen-bond acceptors (Lipinski definition) is 11. The van der Waals surface area contributed by atoms with E-state index in [2.05, 4.69) is 10.3 Å². The van der Waals surface area contributed by atoms with Crippen molar-refractivity contribution in [1.29, 1.82) is 0 Å². The van der Waals surface area contributed by atoms with Gasteiger partial charge < -0.3 is 29.0 Å². The van der Waals surface area contributed by atoms with E-state index in [1.165, 1.54) is 19.2 Å². The molecule has 1 aliphatic rings. The topological polar surface area (TPSA) is 156 Å². The minimum absolute atomic E-state index is 0.0474. The molecule has 13 heteroatoms. The fraction of sp³-hybridized carbons (Fsp3) is 0.583. The maximum atomic E-state index is 13.0. The van der Waals surface area contributed by atoms with Crippen molar-refractivity contribution in [3.05, 3.63) is 23.5 Å². The lowest BCUT2D eigenvalue weighted by molar-refractivity contribution is -0.176. The Hall–Kier alpha value is -3.41. The first-order valence-electron chi connectivity index (χ1n) is 11.7. The number of carbonyl (C=O) groups is 5. The maximum absolute atomic E-state index is 13.0. The molecule has 1 N–H and O–H groups in total. The number of pyridine rings is 1. The molecule has 12 nitrogen and oxygen atoms in total. The first-order valence-corrected chi connectivity index (χ1v) is 12.3. The molecule has 4 atom stereocenters. The average Bonchev–Trinajstić information content (AvgIpc) is 2.88. The highest BCUT2D eigenvalue weighted by Gasteiger charge is 2.41. The predicted octanol–water partition coefficient (Wildman–Crippen LogP) is 2.33. The minimum Gasteiger partial charge on any atom is -0.463 e. The summed E-state index contributed by atoms with van der Waals surface area (Å²) in [5, 5.41) is 2.40. The molecule has 2 heterocycles. The van der Waals surface area contributed by atoms with Crippen molar-refractivity contribution in [2.75, 3.05) is 19.1 Å². The lowest BCUT2D eigenvalue weighted by Crippen LogP contribution is -2.47. The molecule has 2 rings (SSSR count). The van der Waals surface area contributed by atoms with Crippen LogP contribution in [0.15, 0.2) is 12.3 Å². The van der Waals surface area contributed by atoms with Crippen molar-refractivity contribution in [2.45, 2.75) is 59.3 Å². The van der Waals surface area contributed by atoms with Gasteiger partial charge in [-0.1, -0.05) is 20.8 Å². The van der Waals surface area contributed by atoms with Crippen molar-refractivity contribution in [2.24, 2.45) is 11.8 Å². The van der Waals surface area contributed by atoms with Crippen LogP contribution in [-0.4, -0.2) is 72.3 Å². The molecule has 0 aromatic carbocycles. The Morgan fingerprint density at radius 2 is 1.95 bits per heavy atom. The molecule has 0 aliphatic carbocycles. The lowest BCUT2D eigenvalue weighted by Gasteiger charge is -2.29. The molecule has 1 aromatic rings. The van der Waals surface area contributed by atoms with Gasteiger partial charge in [0.15, 0.2) is 23.6 Å². The van der Waals surface area contributed by atoms with Gasteiger partial charge in [0.1, 0.15) is 19.3 Å². The number of nitrogens with one attached hydrogen (secondary N) is 1. The molecule has 1 fully saturated rings. The van der Waals surface area contributed by atoms with Crippen molar-refractivity contribution in [1.82, 2.24) is 10.3 Å². The molecule has 0 spiro atoms. The summed E-state index contributed by atoms with van der Waals surface area (Å²) in [5.41, 5.74) is 0.0747. The summed E-state index contributed by atoms with van der Waals surface area (Å²) < 4.78 is 26.1. The third-order valence-electron chi connectivity index (χ3n) is 5.41. The third-order valence-corrected chi connectivity index (χ3v) is 5.56. The monoisotopic (exact) mass is 542 g/mol. The van der Waals surface area contributed by atoms with Crippen LogP contribution in [-0.2, 0) is 33.3 Å². The third kappa shape index (κ3) is 8.04. The van der Waals surface area contributed by atoms with Crippen molar-refractivity contribution >= 4 is 41.6 Å². The molecule has 4 unspecified atom stereocenters. The van der Waals surface area contributed by atoms with Crippen LogP contribution in [0.4, 0.5) is 4.79 Å². The Labute approximate surface area is 219 Å². The molecule has 1 saturated heterocycles. The van der Waals surface area contributed by atoms with Gasteiger partial charge in [-0.2, -0.15) is 0 Å². The number of halogens is 1. The number of rotatable bonds is 8. The van der Waals surface area contributed by atoms with Crippen LogP contribution in [0, 0.1) is 18.8 Å². The zero-order valence-electron chi connectivity index (χ0n) is 21.3. The van der Waals surface area contributed by atoms with E-state index in [-0.39, 0.29) is 30.4 Å². The van der Waals surface area contributed by atoms with Gasteiger partial charge in [-0.15, -0.1) is 11.6 Å². The van der Waals surface area contributed by atoms with E-state index in [0.717, 1.165) is 0 Å². The summed E-state index contributed by atoms with van der Waals surface area (Å²) in [6.07, 6.45) is -1.63. The summed E-state index contributed by atoms with van der Waals surface area (Å²) >= 11 is 5.49. The Morgan fingerprint density at radius 1 is 1.24 bits per heavy atom. The second kappa shape index (κ2) is 13.8. The smallest absolute Gasteiger partial charge is 0.463 e. The summed E-state index contributed by atoms with van der Waals surface area (Å²) in [6, 6.07) is 0.0802. The zero-order chi connectivity index (χ0) is 27.7. The Bertz CT molecular complexity index is 1020. The number of cyclic esters (lactones) is 2. The largest absolute Gasteiger partial charge is 0.513 e. The molecule has 37 heavy (non-hydrogen) atoms. The Balaban J connectivity index is 2.26. The summed E-state index contributed by atoms with van der Waals surface area (Å²) in [5.74, 6) is -4.60. The number of aromatic nitrogens is 1. The number of amides is 1. The molecular formula is C24H31ClN2O10. The number of esters is 3. The van der Waals surface area contributed by atoms with Gasteiger partial charge in [0, 0.05) is 6.20 Å². The quantitative estimate of drug-likeness (QED) is 0.292. The number of nitrogens with zero attached hydrogens (tertiary/aromatic N) is 1. The second-order valence-electron chi connectivity index (χ2n) is 8.56. The summed E-state index contributed by atoms with van der Waals surface area (Å²) in [6.45, 7) is 7.38. The molecule has 0 bridgehead atoms. The van der Waals surface area contributed by atoms with Gasteiger partial charge in [0.25, 0.3) is 5.91 Å². The number of ether oxygens (including phenoxy) is 5. The number of alkyl halides is 1. The molecule has 1 amide bonds. The standard InChI is InChI=1S/C24H31ClN2O10/c1-6-15-19(36-21(29)12(2)3)14(5)35-23(31)16(11-34-22(15)30)27-20(28)17-18(13(4)7-9-26-17)37-24(32)33-10-8-25/h7,9,12,14-16,19H,6,8,10-11H2,1-5H3,(H,27,28). The first kappa shape index (κ1) is 29.8. The minimum atomic E-state index is -1.42. The number of aryl methyl sites for hydroxylation is 1. The van der Waals surface area contributed by atoms with E-state index < -0.39 is 66.7 Å². The molecule has 1 aliphatic heterocycles. The van der Waals surface area contributed by atoms with Gasteiger partial charge in [-0.25, -0.2) is 14.6 Å². The first-order chi connectivity index (χ1) is 17.5. The summed E-state index contributed by atoms with van der Waals surface area (Å²) in [4.78, 5) is 66.8. The normalized spacial score (nSPS) is 22.0. The van der Waals surface area contributed by atoms with E-state index >= 15 is 0 Å². The molecule has 204 valence electrons. The van der Waals surface area contributed by atoms with Crippen LogP contribution in [0.2, 0.25) is 0 Å². The Kier molecular flexibility index (Phi) is 11.1. The van der Waals surface area contributed by atoms with Crippen molar-refractivity contribution < 1.29 is 47.7 Å². The van der Waals surface area contributed by atoms with Gasteiger partial charge >= 0.3 is 24.1 Å². The SMILES string of the molecule is CCC1C(=O)OCC(NC(=O)c2nccc(C)c2OC(=O)OCCCl)C(=O)OC(C)C1OC(=O)C(C)C. The fourth-order valence-electron chi connectivity index (χ4n) is 3.38. The molecule has 0 radical (unpaired) electrons. The van der Waals surface area contributed by atoms with Gasteiger partial charge in [0.2, 0.25) is 0 Å². The highest BCUT2D eigenvalue weighted by Crippen LogP contribution is 2.25. The van der Waals surface area contributed by atoms with Gasteiger partial charge in [-0.3, -0.25) is 14.4 Å². The van der Waals surface area contributed by atoms with Crippen LogP contribution in [0.3, 0.4) is 0 Å². The molecular weight excluding hydrogens is 512 g/mol. The van der Waals surface area contributed by atoms with Crippen LogP contribution in [0.1, 0.15) is 50.2 Å². The van der Waals surface area contributed by atoms with E-state index in [0.29, 0.717) is 5.56 Å². The van der Waals surface area contributed by atoms with Crippen LogP contribution >= 0.6 is 11.6 Å². The predicted molar refractivity (Wildman–Crippen MR) is 128 cm³/mol. The number of hydrogen-bond donors (Lipinski definition) is 1. The van der Waals surface area contributed by atoms with E-state index in [9.17, 15) is 24.0 Å². The fourth-order valence-corrected chi connectivity index (χ4v) is 3.46. The van der Waals surface area contributed by atoms with E-state index in [1.54, 1.807) is 27.7 Å². The summed E-state index contributed by atoms with van der Waals surface area (Å²) in [7, 11) is 0. The molecule has 1 aromatic heterocycles. The zero-order valence-corrected chi connectivity index (χ0v) is 22.0. The van der Waals surface area contributed by atoms with Crippen molar-refractivity contribution in [3.63, 3.8) is 0 Å². The highest BCUT2D eigenvalue weighted by atomic mass is 35.5. The van der Waals surface area contributed by atoms with E-state index in [1.807, 2.05) is 0 Å². The average molecular weight is 543 g/mol. The van der Waals surface area contributed by atoms with Crippen molar-refractivity contribution in [3.8, 4) is 5.75 Å². The van der Waals surface area contributed by atoms with Crippen LogP contribution in [0.25, 0.3) is 0 Å². The lowest BCUT2D eigenvalue weighted by atomic mass is 9.95. The van der Waals surface area contributed by atoms with Crippen LogP contribution < -0.4 is 10.1 Å². The maximum Gasteiger partial charge on any atom is 0.513 e. The Morgan fingerprint density at radius 3 is 2.57 bits per heavy atom. The van der Waals surface area contributed by atoms with E-state index in [4.69, 9.17) is 35.3 Å².